The van der Waals surface area contributed by atoms with Crippen molar-refractivity contribution in [2.45, 2.75) is 26.2 Å². The Morgan fingerprint density at radius 2 is 2.33 bits per heavy atom. The van der Waals surface area contributed by atoms with Gasteiger partial charge in [-0.3, -0.25) is 9.59 Å². The van der Waals surface area contributed by atoms with Crippen LogP contribution in [-0.4, -0.2) is 18.4 Å². The van der Waals surface area contributed by atoms with Gasteiger partial charge in [-0.1, -0.05) is 0 Å². The Balaban J connectivity index is 0.00000196. The fraction of sp³-hybridized carbons (Fsp3) is 0.600. The van der Waals surface area contributed by atoms with Gasteiger partial charge in [-0.05, 0) is 25.3 Å². The zero-order valence-corrected chi connectivity index (χ0v) is 11.1. The molecule has 0 N–H and O–H groups in total. The average molecular weight is 220 g/mol. The fourth-order valence-corrected chi connectivity index (χ4v) is 1.52. The number of hydrogen-bond donors (Lipinski definition) is 0. The van der Waals surface area contributed by atoms with Crippen molar-refractivity contribution < 1.29 is 49.0 Å². The first-order chi connectivity index (χ1) is 6.69. The van der Waals surface area contributed by atoms with Crippen molar-refractivity contribution in [2.24, 2.45) is 5.92 Å². The molecular weight excluding hydrogens is 207 g/mol. The molecule has 0 saturated heterocycles. The zero-order valence-electron chi connectivity index (χ0n) is 9.12. The van der Waals surface area contributed by atoms with E-state index in [2.05, 4.69) is 0 Å². The SMILES string of the molecule is CCOC(=O)C1CCC(=O)/C(=C/[O-])C1.[Na+]. The minimum Gasteiger partial charge on any atom is -0.878 e. The Morgan fingerprint density at radius 1 is 1.67 bits per heavy atom. The van der Waals surface area contributed by atoms with Crippen LogP contribution in [0.2, 0.25) is 0 Å². The maximum Gasteiger partial charge on any atom is 1.00 e. The van der Waals surface area contributed by atoms with Crippen LogP contribution >= 0.6 is 0 Å². The molecule has 1 unspecified atom stereocenters. The van der Waals surface area contributed by atoms with E-state index in [0.29, 0.717) is 19.3 Å². The molecule has 0 heterocycles. The molecule has 0 bridgehead atoms. The first-order valence-corrected chi connectivity index (χ1v) is 4.69. The van der Waals surface area contributed by atoms with Crippen molar-refractivity contribution in [3.05, 3.63) is 11.8 Å². The number of ether oxygens (including phenoxy) is 1. The molecule has 1 aliphatic rings. The predicted octanol–water partition coefficient (Wildman–Crippen LogP) is -2.83. The Kier molecular flexibility index (Phi) is 6.89. The fourth-order valence-electron chi connectivity index (χ4n) is 1.52. The first kappa shape index (κ1) is 14.7. The number of allylic oxidation sites excluding steroid dienone is 1. The third kappa shape index (κ3) is 3.97. The van der Waals surface area contributed by atoms with Crippen molar-refractivity contribution in [1.82, 2.24) is 0 Å². The topological polar surface area (TPSA) is 66.4 Å². The molecule has 0 amide bonds. The maximum atomic E-state index is 11.3. The van der Waals surface area contributed by atoms with E-state index in [1.165, 1.54) is 0 Å². The summed E-state index contributed by atoms with van der Waals surface area (Å²) in [5.41, 5.74) is 0.217. The van der Waals surface area contributed by atoms with Crippen LogP contribution in [-0.2, 0) is 14.3 Å². The van der Waals surface area contributed by atoms with E-state index in [0.717, 1.165) is 0 Å². The molecule has 15 heavy (non-hydrogen) atoms. The molecule has 1 atom stereocenters. The molecule has 0 spiro atoms. The van der Waals surface area contributed by atoms with Crippen LogP contribution in [0, 0.1) is 5.92 Å². The van der Waals surface area contributed by atoms with E-state index < -0.39 is 0 Å². The second-order valence-corrected chi connectivity index (χ2v) is 3.26. The van der Waals surface area contributed by atoms with E-state index in [1.807, 2.05) is 0 Å². The Bertz CT molecular complexity index is 273. The van der Waals surface area contributed by atoms with Gasteiger partial charge >= 0.3 is 35.5 Å². The maximum absolute atomic E-state index is 11.3. The van der Waals surface area contributed by atoms with Crippen molar-refractivity contribution in [3.8, 4) is 0 Å². The second-order valence-electron chi connectivity index (χ2n) is 3.26. The quantitative estimate of drug-likeness (QED) is 0.218. The van der Waals surface area contributed by atoms with Crippen molar-refractivity contribution >= 4 is 11.8 Å². The van der Waals surface area contributed by atoms with E-state index in [1.54, 1.807) is 6.92 Å². The largest absolute Gasteiger partial charge is 1.00 e. The van der Waals surface area contributed by atoms with Crippen LogP contribution in [0.25, 0.3) is 0 Å². The molecule has 1 saturated carbocycles. The van der Waals surface area contributed by atoms with Gasteiger partial charge in [-0.25, -0.2) is 0 Å². The van der Waals surface area contributed by atoms with Crippen LogP contribution in [0.1, 0.15) is 26.2 Å². The molecule has 78 valence electrons. The smallest absolute Gasteiger partial charge is 0.878 e. The van der Waals surface area contributed by atoms with E-state index in [9.17, 15) is 14.7 Å². The van der Waals surface area contributed by atoms with Gasteiger partial charge in [0.15, 0.2) is 5.78 Å². The Hall–Kier alpha value is -0.320. The van der Waals surface area contributed by atoms with E-state index in [4.69, 9.17) is 4.74 Å². The number of Topliss-reactive ketones (excluding diaryl/α,β-unsaturated/α-hetero) is 1. The van der Waals surface area contributed by atoms with Gasteiger partial charge in [0.1, 0.15) is 0 Å². The monoisotopic (exact) mass is 220 g/mol. The summed E-state index contributed by atoms with van der Waals surface area (Å²) in [6.07, 6.45) is 1.56. The minimum absolute atomic E-state index is 0. The number of carbonyl (C=O) groups is 2. The average Bonchev–Trinajstić information content (AvgIpc) is 2.19. The number of hydrogen-bond acceptors (Lipinski definition) is 4. The number of rotatable bonds is 2. The normalized spacial score (nSPS) is 23.4. The molecule has 1 aliphatic carbocycles. The molecule has 0 aromatic carbocycles. The summed E-state index contributed by atoms with van der Waals surface area (Å²) in [4.78, 5) is 22.4. The number of carbonyl (C=O) groups excluding carboxylic acids is 2. The molecule has 0 aromatic rings. The summed E-state index contributed by atoms with van der Waals surface area (Å²) in [6, 6.07) is 0. The molecular formula is C10H13NaO4. The molecule has 4 nitrogen and oxygen atoms in total. The standard InChI is InChI=1S/C10H14O4.Na/c1-2-14-10(13)7-3-4-9(12)8(5-7)6-11;/h6-7,11H,2-5H2,1H3;/q;+1/p-1/b8-6+;. The van der Waals surface area contributed by atoms with Gasteiger partial charge in [-0.2, -0.15) is 0 Å². The van der Waals surface area contributed by atoms with Crippen LogP contribution in [0.3, 0.4) is 0 Å². The number of ketones is 1. The van der Waals surface area contributed by atoms with Gasteiger partial charge in [-0.15, -0.1) is 6.26 Å². The summed E-state index contributed by atoms with van der Waals surface area (Å²) >= 11 is 0. The second kappa shape index (κ2) is 7.04. The van der Waals surface area contributed by atoms with Crippen molar-refractivity contribution in [3.63, 3.8) is 0 Å². The molecule has 0 radical (unpaired) electrons. The summed E-state index contributed by atoms with van der Waals surface area (Å²) in [6.45, 7) is 2.07. The molecule has 5 heteroatoms. The zero-order chi connectivity index (χ0) is 10.6. The summed E-state index contributed by atoms with van der Waals surface area (Å²) in [5.74, 6) is -0.757. The van der Waals surface area contributed by atoms with Crippen molar-refractivity contribution in [1.29, 1.82) is 0 Å². The third-order valence-corrected chi connectivity index (χ3v) is 2.31. The third-order valence-electron chi connectivity index (χ3n) is 2.31. The summed E-state index contributed by atoms with van der Waals surface area (Å²) in [5, 5.41) is 10.5. The van der Waals surface area contributed by atoms with Gasteiger partial charge in [0.2, 0.25) is 0 Å². The van der Waals surface area contributed by atoms with Crippen LogP contribution in [0.5, 0.6) is 0 Å². The molecule has 0 aromatic heterocycles. The van der Waals surface area contributed by atoms with Crippen LogP contribution in [0.15, 0.2) is 11.8 Å². The summed E-state index contributed by atoms with van der Waals surface area (Å²) in [7, 11) is 0. The van der Waals surface area contributed by atoms with E-state index >= 15 is 0 Å². The molecule has 1 fully saturated rings. The minimum atomic E-state index is -0.312. The van der Waals surface area contributed by atoms with E-state index in [-0.39, 0.29) is 65.6 Å². The van der Waals surface area contributed by atoms with Crippen molar-refractivity contribution in [2.75, 3.05) is 6.61 Å². The van der Waals surface area contributed by atoms with Crippen LogP contribution in [0.4, 0.5) is 0 Å². The Morgan fingerprint density at radius 3 is 2.87 bits per heavy atom. The first-order valence-electron chi connectivity index (χ1n) is 4.69. The predicted molar refractivity (Wildman–Crippen MR) is 47.1 cm³/mol. The molecule has 0 aliphatic heterocycles. The number of esters is 1. The Labute approximate surface area is 111 Å². The van der Waals surface area contributed by atoms with Gasteiger partial charge in [0, 0.05) is 6.42 Å². The van der Waals surface area contributed by atoms with Gasteiger partial charge in [0.25, 0.3) is 0 Å². The van der Waals surface area contributed by atoms with Crippen LogP contribution < -0.4 is 34.7 Å². The summed E-state index contributed by atoms with van der Waals surface area (Å²) < 4.78 is 4.83. The van der Waals surface area contributed by atoms with Gasteiger partial charge < -0.3 is 9.84 Å². The van der Waals surface area contributed by atoms with Gasteiger partial charge in [0.05, 0.1) is 12.5 Å². The molecule has 1 rings (SSSR count).